The monoisotopic (exact) mass is 311 g/mol. The van der Waals surface area contributed by atoms with Gasteiger partial charge in [-0.3, -0.25) is 9.59 Å². The maximum atomic E-state index is 11.6. The molecule has 0 spiro atoms. The van der Waals surface area contributed by atoms with Crippen molar-refractivity contribution in [2.45, 2.75) is 32.2 Å². The van der Waals surface area contributed by atoms with Crippen molar-refractivity contribution in [3.05, 3.63) is 29.3 Å². The van der Waals surface area contributed by atoms with Crippen LogP contribution in [0.4, 0.5) is 5.69 Å². The maximum absolute atomic E-state index is 11.6. The lowest BCUT2D eigenvalue weighted by atomic mass is 10.0. The Bertz CT molecular complexity index is 460. The molecule has 2 amide bonds. The summed E-state index contributed by atoms with van der Waals surface area (Å²) in [6.45, 7) is 3.62. The molecule has 2 rings (SSSR count). The third-order valence-electron chi connectivity index (χ3n) is 3.35. The van der Waals surface area contributed by atoms with E-state index >= 15 is 0 Å². The zero-order valence-corrected chi connectivity index (χ0v) is 13.0. The molecule has 116 valence electrons. The lowest BCUT2D eigenvalue weighted by Gasteiger charge is -2.32. The summed E-state index contributed by atoms with van der Waals surface area (Å²) < 4.78 is 0. The van der Waals surface area contributed by atoms with Gasteiger partial charge in [0.1, 0.15) is 0 Å². The first-order chi connectivity index (χ1) is 10.1. The molecule has 1 aromatic carbocycles. The summed E-state index contributed by atoms with van der Waals surface area (Å²) in [5, 5.41) is 4.23. The first-order valence-electron chi connectivity index (χ1n) is 7.06. The van der Waals surface area contributed by atoms with Crippen LogP contribution in [0, 0.1) is 0 Å². The molecule has 3 N–H and O–H groups in total. The fraction of sp³-hybridized carbons (Fsp3) is 0.467. The van der Waals surface area contributed by atoms with Gasteiger partial charge in [0.05, 0.1) is 0 Å². The average Bonchev–Trinajstić information content (AvgIpc) is 2.48. The van der Waals surface area contributed by atoms with Crippen LogP contribution >= 0.6 is 11.6 Å². The lowest BCUT2D eigenvalue weighted by molar-refractivity contribution is -0.131. The van der Waals surface area contributed by atoms with E-state index in [-0.39, 0.29) is 12.3 Å². The predicted octanol–water partition coefficient (Wildman–Crippen LogP) is 2.25. The second-order valence-corrected chi connectivity index (χ2v) is 5.24. The van der Waals surface area contributed by atoms with Crippen molar-refractivity contribution in [3.63, 3.8) is 0 Å². The number of rotatable bonds is 3. The van der Waals surface area contributed by atoms with Gasteiger partial charge in [-0.1, -0.05) is 24.6 Å². The zero-order chi connectivity index (χ0) is 15.7. The quantitative estimate of drug-likeness (QED) is 0.841. The van der Waals surface area contributed by atoms with Crippen LogP contribution in [0.1, 0.15) is 26.2 Å². The third kappa shape index (κ3) is 6.04. The number of piperidine rings is 1. The Morgan fingerprint density at radius 3 is 2.62 bits per heavy atom. The average molecular weight is 312 g/mol. The van der Waals surface area contributed by atoms with Crippen molar-refractivity contribution in [1.82, 2.24) is 4.90 Å². The standard InChI is InChI=1S/C14H19ClN2O.CH3NO/c1-2-14(18)17-8-6-12(7-9-17)16-13-5-3-4-11(15)10-13;2-1-3/h3-5,10,12,16H,2,6-9H2,1H3;1H,(H2,2,3). The summed E-state index contributed by atoms with van der Waals surface area (Å²) in [6.07, 6.45) is 2.85. The van der Waals surface area contributed by atoms with Crippen molar-refractivity contribution in [2.75, 3.05) is 18.4 Å². The van der Waals surface area contributed by atoms with E-state index in [0.717, 1.165) is 36.6 Å². The molecule has 1 heterocycles. The molecule has 1 aliphatic heterocycles. The number of hydrogen-bond acceptors (Lipinski definition) is 3. The molecule has 1 aliphatic rings. The van der Waals surface area contributed by atoms with E-state index in [1.165, 1.54) is 0 Å². The summed E-state index contributed by atoms with van der Waals surface area (Å²) in [6, 6.07) is 8.21. The van der Waals surface area contributed by atoms with Gasteiger partial charge in [-0.05, 0) is 31.0 Å². The second kappa shape index (κ2) is 9.23. The molecule has 0 unspecified atom stereocenters. The molecule has 1 fully saturated rings. The molecular formula is C15H22ClN3O2. The number of nitrogens with zero attached hydrogens (tertiary/aromatic N) is 1. The molecule has 21 heavy (non-hydrogen) atoms. The third-order valence-corrected chi connectivity index (χ3v) is 3.58. The van der Waals surface area contributed by atoms with Crippen LogP contribution in [-0.4, -0.2) is 36.3 Å². The summed E-state index contributed by atoms with van der Waals surface area (Å²) in [4.78, 5) is 22.1. The molecular weight excluding hydrogens is 290 g/mol. The van der Waals surface area contributed by atoms with Gasteiger partial charge in [-0.2, -0.15) is 0 Å². The Morgan fingerprint density at radius 2 is 2.10 bits per heavy atom. The molecule has 0 atom stereocenters. The fourth-order valence-corrected chi connectivity index (χ4v) is 2.50. The van der Waals surface area contributed by atoms with Crippen LogP contribution in [0.2, 0.25) is 5.02 Å². The Hall–Kier alpha value is -1.75. The summed E-state index contributed by atoms with van der Waals surface area (Å²) >= 11 is 5.95. The largest absolute Gasteiger partial charge is 0.382 e. The molecule has 5 nitrogen and oxygen atoms in total. The van der Waals surface area contributed by atoms with Gasteiger partial charge in [-0.15, -0.1) is 0 Å². The minimum atomic E-state index is 0.250. The SMILES string of the molecule is CCC(=O)N1CCC(Nc2cccc(Cl)c2)CC1.NC=O. The maximum Gasteiger partial charge on any atom is 0.222 e. The number of primary amides is 1. The summed E-state index contributed by atoms with van der Waals surface area (Å²) in [7, 11) is 0. The van der Waals surface area contributed by atoms with Gasteiger partial charge in [0.15, 0.2) is 0 Å². The molecule has 1 aromatic rings. The number of hydrogen-bond donors (Lipinski definition) is 2. The highest BCUT2D eigenvalue weighted by molar-refractivity contribution is 6.30. The number of halogens is 1. The van der Waals surface area contributed by atoms with E-state index in [1.54, 1.807) is 0 Å². The van der Waals surface area contributed by atoms with Gasteiger partial charge < -0.3 is 16.0 Å². The lowest BCUT2D eigenvalue weighted by Crippen LogP contribution is -2.42. The van der Waals surface area contributed by atoms with Gasteiger partial charge in [-0.25, -0.2) is 0 Å². The van der Waals surface area contributed by atoms with Crippen LogP contribution in [-0.2, 0) is 9.59 Å². The zero-order valence-electron chi connectivity index (χ0n) is 12.2. The Labute approximate surface area is 130 Å². The number of nitrogens with one attached hydrogen (secondary N) is 1. The normalized spacial score (nSPS) is 14.9. The molecule has 1 saturated heterocycles. The molecule has 0 saturated carbocycles. The number of carbonyl (C=O) groups is 2. The van der Waals surface area contributed by atoms with Crippen molar-refractivity contribution < 1.29 is 9.59 Å². The van der Waals surface area contributed by atoms with Crippen LogP contribution in [0.3, 0.4) is 0 Å². The summed E-state index contributed by atoms with van der Waals surface area (Å²) in [5.41, 5.74) is 5.22. The van der Waals surface area contributed by atoms with Crippen LogP contribution in [0.5, 0.6) is 0 Å². The molecule has 6 heteroatoms. The summed E-state index contributed by atoms with van der Waals surface area (Å²) in [5.74, 6) is 0.260. The highest BCUT2D eigenvalue weighted by atomic mass is 35.5. The van der Waals surface area contributed by atoms with E-state index in [2.05, 4.69) is 11.1 Å². The number of anilines is 1. The Kier molecular flexibility index (Phi) is 7.61. The van der Waals surface area contributed by atoms with Crippen LogP contribution in [0.25, 0.3) is 0 Å². The van der Waals surface area contributed by atoms with E-state index in [4.69, 9.17) is 16.4 Å². The first kappa shape index (κ1) is 17.3. The van der Waals surface area contributed by atoms with Gasteiger partial charge in [0, 0.05) is 36.3 Å². The number of benzene rings is 1. The van der Waals surface area contributed by atoms with E-state index < -0.39 is 0 Å². The van der Waals surface area contributed by atoms with Gasteiger partial charge >= 0.3 is 0 Å². The van der Waals surface area contributed by atoms with Crippen LogP contribution in [0.15, 0.2) is 24.3 Å². The molecule has 0 bridgehead atoms. The Balaban J connectivity index is 0.000000677. The van der Waals surface area contributed by atoms with Gasteiger partial charge in [0.2, 0.25) is 12.3 Å². The van der Waals surface area contributed by atoms with Gasteiger partial charge in [0.25, 0.3) is 0 Å². The van der Waals surface area contributed by atoms with Crippen LogP contribution < -0.4 is 11.1 Å². The topological polar surface area (TPSA) is 75.4 Å². The minimum Gasteiger partial charge on any atom is -0.382 e. The number of amides is 2. The molecule has 0 aliphatic carbocycles. The highest BCUT2D eigenvalue weighted by Gasteiger charge is 2.21. The van der Waals surface area contributed by atoms with E-state index in [1.807, 2.05) is 36.1 Å². The number of nitrogens with two attached hydrogens (primary N) is 1. The highest BCUT2D eigenvalue weighted by Crippen LogP contribution is 2.19. The van der Waals surface area contributed by atoms with Crippen molar-refractivity contribution in [3.8, 4) is 0 Å². The second-order valence-electron chi connectivity index (χ2n) is 4.80. The number of carbonyl (C=O) groups excluding carboxylic acids is 2. The Morgan fingerprint density at radius 1 is 1.48 bits per heavy atom. The predicted molar refractivity (Wildman–Crippen MR) is 85.2 cm³/mol. The van der Waals surface area contributed by atoms with Crippen molar-refractivity contribution in [2.24, 2.45) is 5.73 Å². The van der Waals surface area contributed by atoms with E-state index in [9.17, 15) is 4.79 Å². The first-order valence-corrected chi connectivity index (χ1v) is 7.43. The van der Waals surface area contributed by atoms with Crippen molar-refractivity contribution >= 4 is 29.6 Å². The van der Waals surface area contributed by atoms with E-state index in [0.29, 0.717) is 12.5 Å². The fourth-order valence-electron chi connectivity index (χ4n) is 2.31. The molecule has 0 aromatic heterocycles. The van der Waals surface area contributed by atoms with Crippen molar-refractivity contribution in [1.29, 1.82) is 0 Å². The number of likely N-dealkylation sites (tertiary alicyclic amines) is 1. The minimum absolute atomic E-state index is 0.250. The smallest absolute Gasteiger partial charge is 0.222 e. The molecule has 0 radical (unpaired) electrons.